The van der Waals surface area contributed by atoms with Gasteiger partial charge in [-0.1, -0.05) is 12.1 Å². The van der Waals surface area contributed by atoms with Gasteiger partial charge in [0.1, 0.15) is 4.90 Å². The van der Waals surface area contributed by atoms with Crippen LogP contribution >= 0.6 is 0 Å². The zero-order valence-corrected chi connectivity index (χ0v) is 10.4. The fraction of sp³-hybridized carbons (Fsp3) is 0.0833. The Morgan fingerprint density at radius 3 is 2.56 bits per heavy atom. The molecule has 18 heavy (non-hydrogen) atoms. The molecule has 1 heterocycles. The van der Waals surface area contributed by atoms with Crippen LogP contribution in [0.2, 0.25) is 0 Å². The van der Waals surface area contributed by atoms with Crippen molar-refractivity contribution < 1.29 is 18.3 Å². The van der Waals surface area contributed by atoms with E-state index in [1.807, 2.05) is 0 Å². The maximum atomic E-state index is 11.5. The van der Waals surface area contributed by atoms with Gasteiger partial charge in [-0.25, -0.2) is 13.4 Å². The van der Waals surface area contributed by atoms with Gasteiger partial charge in [-0.2, -0.15) is 0 Å². The van der Waals surface area contributed by atoms with Gasteiger partial charge < -0.3 is 9.84 Å². The summed E-state index contributed by atoms with van der Waals surface area (Å²) >= 11 is 0. The molecule has 0 atom stereocenters. The van der Waals surface area contributed by atoms with Gasteiger partial charge in [0, 0.05) is 12.5 Å². The van der Waals surface area contributed by atoms with Crippen molar-refractivity contribution >= 4 is 9.84 Å². The van der Waals surface area contributed by atoms with Crippen molar-refractivity contribution in [3.63, 3.8) is 0 Å². The number of hydrogen-bond acceptors (Lipinski definition) is 5. The lowest BCUT2D eigenvalue weighted by Crippen LogP contribution is -2.01. The monoisotopic (exact) mass is 265 g/mol. The SMILES string of the molecule is CS(=O)(=O)c1cccnc1Oc1ccccc1O. The third-order valence-electron chi connectivity index (χ3n) is 2.21. The fourth-order valence-corrected chi connectivity index (χ4v) is 2.12. The Kier molecular flexibility index (Phi) is 3.20. The summed E-state index contributed by atoms with van der Waals surface area (Å²) in [5.74, 6) is 0.0187. The van der Waals surface area contributed by atoms with Crippen LogP contribution in [0.5, 0.6) is 17.4 Å². The van der Waals surface area contributed by atoms with E-state index in [2.05, 4.69) is 4.98 Å². The quantitative estimate of drug-likeness (QED) is 0.918. The molecule has 0 radical (unpaired) electrons. The van der Waals surface area contributed by atoms with Crippen molar-refractivity contribution in [1.29, 1.82) is 0 Å². The Morgan fingerprint density at radius 2 is 1.89 bits per heavy atom. The van der Waals surface area contributed by atoms with Crippen LogP contribution in [-0.4, -0.2) is 24.8 Å². The summed E-state index contributed by atoms with van der Waals surface area (Å²) in [4.78, 5) is 3.85. The first-order valence-corrected chi connectivity index (χ1v) is 6.98. The number of pyridine rings is 1. The normalized spacial score (nSPS) is 11.2. The van der Waals surface area contributed by atoms with Crippen LogP contribution in [0.4, 0.5) is 0 Å². The summed E-state index contributed by atoms with van der Waals surface area (Å²) in [5, 5.41) is 9.56. The minimum absolute atomic E-state index is 0.0201. The number of ether oxygens (including phenoxy) is 1. The van der Waals surface area contributed by atoms with Gasteiger partial charge in [0.05, 0.1) is 0 Å². The summed E-state index contributed by atoms with van der Waals surface area (Å²) in [6, 6.07) is 9.18. The molecule has 2 rings (SSSR count). The van der Waals surface area contributed by atoms with Crippen LogP contribution < -0.4 is 4.74 Å². The number of phenols is 1. The molecule has 2 aromatic rings. The second-order valence-corrected chi connectivity index (χ2v) is 5.63. The molecule has 0 saturated carbocycles. The average Bonchev–Trinajstić information content (AvgIpc) is 2.31. The lowest BCUT2D eigenvalue weighted by molar-refractivity contribution is 0.395. The Balaban J connectivity index is 2.45. The third-order valence-corrected chi connectivity index (χ3v) is 3.32. The molecule has 0 fully saturated rings. The number of nitrogens with zero attached hydrogens (tertiary/aromatic N) is 1. The first-order valence-electron chi connectivity index (χ1n) is 5.09. The van der Waals surface area contributed by atoms with E-state index in [9.17, 15) is 13.5 Å². The van der Waals surface area contributed by atoms with Crippen molar-refractivity contribution in [3.05, 3.63) is 42.6 Å². The maximum absolute atomic E-state index is 11.5. The topological polar surface area (TPSA) is 76.5 Å². The summed E-state index contributed by atoms with van der Waals surface area (Å²) in [7, 11) is -3.44. The molecule has 5 nitrogen and oxygen atoms in total. The van der Waals surface area contributed by atoms with Crippen LogP contribution in [0.1, 0.15) is 0 Å². The van der Waals surface area contributed by atoms with Gasteiger partial charge >= 0.3 is 0 Å². The zero-order valence-electron chi connectivity index (χ0n) is 9.57. The van der Waals surface area contributed by atoms with Crippen LogP contribution in [0.25, 0.3) is 0 Å². The summed E-state index contributed by atoms with van der Waals surface area (Å²) in [6.07, 6.45) is 2.49. The molecule has 0 bridgehead atoms. The lowest BCUT2D eigenvalue weighted by atomic mass is 10.3. The molecule has 0 aliphatic carbocycles. The van der Waals surface area contributed by atoms with E-state index in [-0.39, 0.29) is 22.3 Å². The second kappa shape index (κ2) is 4.66. The number of benzene rings is 1. The Hall–Kier alpha value is -2.08. The number of hydrogen-bond donors (Lipinski definition) is 1. The van der Waals surface area contributed by atoms with Crippen LogP contribution in [-0.2, 0) is 9.84 Å². The number of sulfone groups is 1. The minimum Gasteiger partial charge on any atom is -0.504 e. The number of aromatic nitrogens is 1. The van der Waals surface area contributed by atoms with Crippen LogP contribution in [0, 0.1) is 0 Å². The van der Waals surface area contributed by atoms with Crippen molar-refractivity contribution in [2.75, 3.05) is 6.26 Å². The molecule has 0 aliphatic heterocycles. The summed E-state index contributed by atoms with van der Waals surface area (Å²) in [6.45, 7) is 0. The number of phenolic OH excluding ortho intramolecular Hbond substituents is 1. The van der Waals surface area contributed by atoms with Crippen LogP contribution in [0.15, 0.2) is 47.5 Å². The molecule has 6 heteroatoms. The predicted molar refractivity (Wildman–Crippen MR) is 65.5 cm³/mol. The third kappa shape index (κ3) is 2.60. The Bertz CT molecular complexity index is 667. The van der Waals surface area contributed by atoms with E-state index in [1.54, 1.807) is 12.1 Å². The Labute approximate surface area is 105 Å². The van der Waals surface area contributed by atoms with Gasteiger partial charge in [-0.3, -0.25) is 0 Å². The smallest absolute Gasteiger partial charge is 0.238 e. The highest BCUT2D eigenvalue weighted by Crippen LogP contribution is 2.31. The van der Waals surface area contributed by atoms with Crippen molar-refractivity contribution in [1.82, 2.24) is 4.98 Å². The predicted octanol–water partition coefficient (Wildman–Crippen LogP) is 1.98. The highest BCUT2D eigenvalue weighted by Gasteiger charge is 2.16. The second-order valence-electron chi connectivity index (χ2n) is 3.65. The number of rotatable bonds is 3. The highest BCUT2D eigenvalue weighted by atomic mass is 32.2. The summed E-state index contributed by atoms with van der Waals surface area (Å²) in [5.41, 5.74) is 0. The molecule has 0 saturated heterocycles. The molecule has 1 aromatic carbocycles. The zero-order chi connectivity index (χ0) is 13.2. The van der Waals surface area contributed by atoms with E-state index >= 15 is 0 Å². The largest absolute Gasteiger partial charge is 0.504 e. The standard InChI is InChI=1S/C12H11NO4S/c1-18(15,16)11-7-4-8-13-12(11)17-10-6-3-2-5-9(10)14/h2-8,14H,1H3. The fourth-order valence-electron chi connectivity index (χ4n) is 1.38. The molecule has 0 amide bonds. The molecule has 94 valence electrons. The average molecular weight is 265 g/mol. The minimum atomic E-state index is -3.44. The summed E-state index contributed by atoms with van der Waals surface area (Å²) < 4.78 is 28.4. The first-order chi connectivity index (χ1) is 8.48. The molecular weight excluding hydrogens is 254 g/mol. The van der Waals surface area contributed by atoms with Crippen molar-refractivity contribution in [2.45, 2.75) is 4.90 Å². The molecule has 1 N–H and O–H groups in total. The molecular formula is C12H11NO4S. The van der Waals surface area contributed by atoms with Gasteiger partial charge in [-0.15, -0.1) is 0 Å². The molecule has 0 unspecified atom stereocenters. The van der Waals surface area contributed by atoms with E-state index < -0.39 is 9.84 Å². The van der Waals surface area contributed by atoms with Crippen molar-refractivity contribution in [3.8, 4) is 17.4 Å². The van der Waals surface area contributed by atoms with Gasteiger partial charge in [-0.05, 0) is 24.3 Å². The van der Waals surface area contributed by atoms with E-state index in [0.29, 0.717) is 0 Å². The molecule has 0 spiro atoms. The molecule has 0 aliphatic rings. The van der Waals surface area contributed by atoms with Gasteiger partial charge in [0.2, 0.25) is 5.88 Å². The van der Waals surface area contributed by atoms with Gasteiger partial charge in [0.15, 0.2) is 21.3 Å². The first kappa shape index (κ1) is 12.4. The highest BCUT2D eigenvalue weighted by molar-refractivity contribution is 7.90. The van der Waals surface area contributed by atoms with E-state index in [4.69, 9.17) is 4.74 Å². The van der Waals surface area contributed by atoms with Crippen LogP contribution in [0.3, 0.4) is 0 Å². The van der Waals surface area contributed by atoms with E-state index in [0.717, 1.165) is 6.26 Å². The number of aromatic hydroxyl groups is 1. The number of para-hydroxylation sites is 2. The Morgan fingerprint density at radius 1 is 1.17 bits per heavy atom. The molecule has 1 aromatic heterocycles. The van der Waals surface area contributed by atoms with E-state index in [1.165, 1.54) is 30.5 Å². The maximum Gasteiger partial charge on any atom is 0.238 e. The van der Waals surface area contributed by atoms with Gasteiger partial charge in [0.25, 0.3) is 0 Å². The van der Waals surface area contributed by atoms with Crippen molar-refractivity contribution in [2.24, 2.45) is 0 Å². The lowest BCUT2D eigenvalue weighted by Gasteiger charge is -2.09.